The van der Waals surface area contributed by atoms with Crippen LogP contribution in [0.5, 0.6) is 0 Å². The summed E-state index contributed by atoms with van der Waals surface area (Å²) in [5, 5.41) is 7.77. The molecule has 0 saturated heterocycles. The van der Waals surface area contributed by atoms with Crippen LogP contribution in [0, 0.1) is 0 Å². The minimum atomic E-state index is -0.374. The molecule has 16 heavy (non-hydrogen) atoms. The topological polar surface area (TPSA) is 83.1 Å². The molecule has 86 valence electrons. The van der Waals surface area contributed by atoms with E-state index in [0.29, 0.717) is 0 Å². The fourth-order valence-electron chi connectivity index (χ4n) is 1.05. The van der Waals surface area contributed by atoms with E-state index in [-0.39, 0.29) is 24.1 Å². The smallest absolute Gasteiger partial charge is 0.270 e. The molecule has 1 aromatic rings. The third-order valence-electron chi connectivity index (χ3n) is 1.97. The van der Waals surface area contributed by atoms with Gasteiger partial charge in [0, 0.05) is 26.0 Å². The second-order valence-corrected chi connectivity index (χ2v) is 3.04. The van der Waals surface area contributed by atoms with Gasteiger partial charge in [-0.3, -0.25) is 14.6 Å². The Morgan fingerprint density at radius 3 is 2.75 bits per heavy atom. The zero-order valence-corrected chi connectivity index (χ0v) is 9.20. The van der Waals surface area contributed by atoms with Gasteiger partial charge in [0.25, 0.3) is 5.91 Å². The molecule has 0 radical (unpaired) electrons. The van der Waals surface area contributed by atoms with E-state index in [1.54, 1.807) is 19.2 Å². The van der Waals surface area contributed by atoms with E-state index in [1.165, 1.54) is 13.2 Å². The van der Waals surface area contributed by atoms with Crippen LogP contribution in [0.15, 0.2) is 18.3 Å². The maximum absolute atomic E-state index is 11.6. The summed E-state index contributed by atoms with van der Waals surface area (Å²) >= 11 is 0. The van der Waals surface area contributed by atoms with E-state index < -0.39 is 0 Å². The number of carbonyl (C=O) groups excluding carboxylic acids is 2. The largest absolute Gasteiger partial charge is 0.388 e. The predicted octanol–water partition coefficient (Wildman–Crippen LogP) is -0.401. The Hall–Kier alpha value is -2.11. The van der Waals surface area contributed by atoms with E-state index in [9.17, 15) is 9.59 Å². The number of hydrogen-bond acceptors (Lipinski definition) is 4. The van der Waals surface area contributed by atoms with Crippen molar-refractivity contribution in [2.45, 2.75) is 0 Å². The van der Waals surface area contributed by atoms with Gasteiger partial charge in [0.15, 0.2) is 0 Å². The third kappa shape index (κ3) is 3.23. The number of hydrogen-bond donors (Lipinski definition) is 3. The number of aromatic nitrogens is 1. The van der Waals surface area contributed by atoms with Crippen molar-refractivity contribution in [3.8, 4) is 0 Å². The van der Waals surface area contributed by atoms with Gasteiger partial charge in [-0.2, -0.15) is 0 Å². The van der Waals surface area contributed by atoms with E-state index >= 15 is 0 Å². The van der Waals surface area contributed by atoms with E-state index in [1.807, 2.05) is 0 Å². The van der Waals surface area contributed by atoms with Crippen LogP contribution in [-0.4, -0.2) is 37.4 Å². The lowest BCUT2D eigenvalue weighted by Gasteiger charge is -2.05. The van der Waals surface area contributed by atoms with Gasteiger partial charge in [-0.15, -0.1) is 0 Å². The van der Waals surface area contributed by atoms with Crippen molar-refractivity contribution < 1.29 is 9.59 Å². The average molecular weight is 222 g/mol. The first kappa shape index (κ1) is 12.0. The molecule has 0 aliphatic rings. The molecule has 0 aromatic carbocycles. The zero-order valence-electron chi connectivity index (χ0n) is 9.20. The zero-order chi connectivity index (χ0) is 12.0. The fourth-order valence-corrected chi connectivity index (χ4v) is 1.05. The highest BCUT2D eigenvalue weighted by molar-refractivity contribution is 5.95. The molecule has 0 aliphatic heterocycles. The second kappa shape index (κ2) is 5.69. The number of carbonyl (C=O) groups is 2. The van der Waals surface area contributed by atoms with Gasteiger partial charge >= 0.3 is 0 Å². The lowest BCUT2D eigenvalue weighted by Crippen LogP contribution is -2.35. The number of rotatable bonds is 4. The van der Waals surface area contributed by atoms with E-state index in [4.69, 9.17) is 0 Å². The molecular weight excluding hydrogens is 208 g/mol. The molecule has 6 heteroatoms. The minimum absolute atomic E-state index is 0.0548. The van der Waals surface area contributed by atoms with Crippen LogP contribution in [0.1, 0.15) is 10.5 Å². The van der Waals surface area contributed by atoms with Gasteiger partial charge in [0.2, 0.25) is 5.91 Å². The van der Waals surface area contributed by atoms with Crippen LogP contribution in [0.25, 0.3) is 0 Å². The summed E-state index contributed by atoms with van der Waals surface area (Å²) in [5.74, 6) is -0.626. The van der Waals surface area contributed by atoms with Crippen LogP contribution in [0.4, 0.5) is 5.69 Å². The number of amides is 2. The molecule has 0 unspecified atom stereocenters. The van der Waals surface area contributed by atoms with Crippen LogP contribution < -0.4 is 16.0 Å². The van der Waals surface area contributed by atoms with Crippen molar-refractivity contribution in [2.24, 2.45) is 0 Å². The highest BCUT2D eigenvalue weighted by atomic mass is 16.2. The van der Waals surface area contributed by atoms with Gasteiger partial charge in [-0.25, -0.2) is 0 Å². The Labute approximate surface area is 93.4 Å². The standard InChI is InChI=1S/C10H14N4O2/c1-11-7-3-4-13-8(5-7)10(16)14-6-9(15)12-2/h3-5H,6H2,1-2H3,(H,11,13)(H,12,15)(H,14,16). The Morgan fingerprint density at radius 1 is 1.38 bits per heavy atom. The number of nitrogens with zero attached hydrogens (tertiary/aromatic N) is 1. The highest BCUT2D eigenvalue weighted by Gasteiger charge is 2.08. The molecule has 0 fully saturated rings. The monoisotopic (exact) mass is 222 g/mol. The Kier molecular flexibility index (Phi) is 4.26. The molecule has 1 rings (SSSR count). The number of anilines is 1. The molecular formula is C10H14N4O2. The van der Waals surface area contributed by atoms with Crippen LogP contribution in [-0.2, 0) is 4.79 Å². The first-order valence-corrected chi connectivity index (χ1v) is 4.80. The quantitative estimate of drug-likeness (QED) is 0.647. The van der Waals surface area contributed by atoms with Gasteiger partial charge in [0.1, 0.15) is 5.69 Å². The molecule has 1 aromatic heterocycles. The van der Waals surface area contributed by atoms with Crippen LogP contribution in [0.2, 0.25) is 0 Å². The van der Waals surface area contributed by atoms with Crippen molar-refractivity contribution in [3.05, 3.63) is 24.0 Å². The van der Waals surface area contributed by atoms with Crippen molar-refractivity contribution in [1.82, 2.24) is 15.6 Å². The van der Waals surface area contributed by atoms with E-state index in [2.05, 4.69) is 20.9 Å². The summed E-state index contributed by atoms with van der Waals surface area (Å²) in [7, 11) is 3.26. The number of pyridine rings is 1. The van der Waals surface area contributed by atoms with Crippen molar-refractivity contribution in [1.29, 1.82) is 0 Å². The number of likely N-dealkylation sites (N-methyl/N-ethyl adjacent to an activating group) is 1. The highest BCUT2D eigenvalue weighted by Crippen LogP contribution is 2.06. The fraction of sp³-hybridized carbons (Fsp3) is 0.300. The summed E-state index contributed by atoms with van der Waals surface area (Å²) in [4.78, 5) is 26.4. The molecule has 0 bridgehead atoms. The maximum Gasteiger partial charge on any atom is 0.270 e. The van der Waals surface area contributed by atoms with Crippen LogP contribution >= 0.6 is 0 Å². The van der Waals surface area contributed by atoms with Crippen molar-refractivity contribution >= 4 is 17.5 Å². The Morgan fingerprint density at radius 2 is 2.12 bits per heavy atom. The molecule has 2 amide bonds. The van der Waals surface area contributed by atoms with Gasteiger partial charge in [-0.05, 0) is 12.1 Å². The normalized spacial score (nSPS) is 9.38. The minimum Gasteiger partial charge on any atom is -0.388 e. The van der Waals surface area contributed by atoms with Gasteiger partial charge < -0.3 is 16.0 Å². The van der Waals surface area contributed by atoms with Crippen LogP contribution in [0.3, 0.4) is 0 Å². The third-order valence-corrected chi connectivity index (χ3v) is 1.97. The molecule has 0 saturated carbocycles. The van der Waals surface area contributed by atoms with Crippen molar-refractivity contribution in [3.63, 3.8) is 0 Å². The van der Waals surface area contributed by atoms with E-state index in [0.717, 1.165) is 5.69 Å². The Bertz CT molecular complexity index is 392. The average Bonchev–Trinajstić information content (AvgIpc) is 2.35. The molecule has 1 heterocycles. The summed E-state index contributed by atoms with van der Waals surface area (Å²) in [5.41, 5.74) is 1.07. The molecule has 0 atom stereocenters. The van der Waals surface area contributed by atoms with Gasteiger partial charge in [0.05, 0.1) is 6.54 Å². The summed E-state index contributed by atoms with van der Waals surface area (Å²) in [6, 6.07) is 3.36. The summed E-state index contributed by atoms with van der Waals surface area (Å²) < 4.78 is 0. The molecule has 3 N–H and O–H groups in total. The first-order chi connectivity index (χ1) is 7.67. The maximum atomic E-state index is 11.6. The predicted molar refractivity (Wildman–Crippen MR) is 60.2 cm³/mol. The Balaban J connectivity index is 2.62. The number of nitrogens with one attached hydrogen (secondary N) is 3. The SMILES string of the molecule is CNC(=O)CNC(=O)c1cc(NC)ccn1. The second-order valence-electron chi connectivity index (χ2n) is 3.04. The lowest BCUT2D eigenvalue weighted by atomic mass is 10.3. The molecule has 0 aliphatic carbocycles. The molecule has 6 nitrogen and oxygen atoms in total. The summed E-state index contributed by atoms with van der Waals surface area (Å²) in [6.07, 6.45) is 1.53. The lowest BCUT2D eigenvalue weighted by molar-refractivity contribution is -0.119. The summed E-state index contributed by atoms with van der Waals surface area (Å²) in [6.45, 7) is -0.0548. The first-order valence-electron chi connectivity index (χ1n) is 4.80. The van der Waals surface area contributed by atoms with Gasteiger partial charge in [-0.1, -0.05) is 0 Å². The van der Waals surface area contributed by atoms with Crippen molar-refractivity contribution in [2.75, 3.05) is 26.0 Å². The molecule has 0 spiro atoms.